The highest BCUT2D eigenvalue weighted by atomic mass is 35.5. The highest BCUT2D eigenvalue weighted by Gasteiger charge is 2.19. The molecule has 0 saturated carbocycles. The van der Waals surface area contributed by atoms with E-state index in [1.165, 1.54) is 12.1 Å². The quantitative estimate of drug-likeness (QED) is 0.593. The second kappa shape index (κ2) is 9.83. The fourth-order valence-corrected chi connectivity index (χ4v) is 2.79. The van der Waals surface area contributed by atoms with Gasteiger partial charge >= 0.3 is 0 Å². The number of hydrogen-bond donors (Lipinski definition) is 3. The monoisotopic (exact) mass is 379 g/mol. The van der Waals surface area contributed by atoms with Gasteiger partial charge in [0.25, 0.3) is 0 Å². The van der Waals surface area contributed by atoms with Crippen LogP contribution in [0.1, 0.15) is 27.2 Å². The molecule has 1 aromatic rings. The SMILES string of the molecule is CCOc1ccc(S(=O)(=O)NCCC(=O)NC(C)(C)CN)cc1.Cl. The number of nitrogens with one attached hydrogen (secondary N) is 2. The Bertz CT molecular complexity index is 618. The number of hydrogen-bond acceptors (Lipinski definition) is 5. The maximum absolute atomic E-state index is 12.1. The van der Waals surface area contributed by atoms with Crippen LogP contribution in [0.2, 0.25) is 0 Å². The van der Waals surface area contributed by atoms with Crippen LogP contribution in [0, 0.1) is 0 Å². The third-order valence-electron chi connectivity index (χ3n) is 3.08. The van der Waals surface area contributed by atoms with Gasteiger partial charge in [-0.15, -0.1) is 12.4 Å². The number of halogens is 1. The average molecular weight is 380 g/mol. The lowest BCUT2D eigenvalue weighted by atomic mass is 10.1. The maximum Gasteiger partial charge on any atom is 0.240 e. The van der Waals surface area contributed by atoms with Gasteiger partial charge in [-0.25, -0.2) is 13.1 Å². The number of amides is 1. The molecule has 0 bridgehead atoms. The number of benzene rings is 1. The molecule has 0 aromatic heterocycles. The van der Waals surface area contributed by atoms with E-state index >= 15 is 0 Å². The second-order valence-corrected chi connectivity index (χ2v) is 7.46. The van der Waals surface area contributed by atoms with E-state index in [0.29, 0.717) is 18.9 Å². The van der Waals surface area contributed by atoms with Crippen molar-refractivity contribution in [1.29, 1.82) is 0 Å². The Morgan fingerprint density at radius 1 is 1.25 bits per heavy atom. The lowest BCUT2D eigenvalue weighted by Gasteiger charge is -2.24. The molecular formula is C15H26ClN3O4S. The van der Waals surface area contributed by atoms with Crippen molar-refractivity contribution >= 4 is 28.3 Å². The molecule has 7 nitrogen and oxygen atoms in total. The smallest absolute Gasteiger partial charge is 0.240 e. The number of ether oxygens (including phenoxy) is 1. The number of nitrogens with two attached hydrogens (primary N) is 1. The molecule has 0 radical (unpaired) electrons. The molecule has 0 aliphatic heterocycles. The van der Waals surface area contributed by atoms with E-state index in [-0.39, 0.29) is 36.2 Å². The zero-order valence-electron chi connectivity index (χ0n) is 14.2. The molecule has 0 saturated heterocycles. The van der Waals surface area contributed by atoms with E-state index < -0.39 is 15.6 Å². The van der Waals surface area contributed by atoms with Crippen LogP contribution in [0.3, 0.4) is 0 Å². The van der Waals surface area contributed by atoms with Gasteiger partial charge in [-0.3, -0.25) is 4.79 Å². The Morgan fingerprint density at radius 3 is 2.33 bits per heavy atom. The number of carbonyl (C=O) groups excluding carboxylic acids is 1. The van der Waals surface area contributed by atoms with Gasteiger partial charge in [-0.1, -0.05) is 0 Å². The van der Waals surface area contributed by atoms with Gasteiger partial charge in [0.1, 0.15) is 5.75 Å². The summed E-state index contributed by atoms with van der Waals surface area (Å²) in [7, 11) is -3.65. The Labute approximate surface area is 149 Å². The summed E-state index contributed by atoms with van der Waals surface area (Å²) in [5, 5.41) is 2.74. The van der Waals surface area contributed by atoms with Crippen LogP contribution in [0.5, 0.6) is 5.75 Å². The molecule has 0 aliphatic rings. The Kier molecular flexibility index (Phi) is 9.27. The van der Waals surface area contributed by atoms with E-state index in [2.05, 4.69) is 10.0 Å². The molecule has 4 N–H and O–H groups in total. The molecule has 138 valence electrons. The number of rotatable bonds is 9. The zero-order chi connectivity index (χ0) is 17.5. The first-order chi connectivity index (χ1) is 10.7. The van der Waals surface area contributed by atoms with Crippen LogP contribution in [-0.2, 0) is 14.8 Å². The molecule has 1 rings (SSSR count). The minimum Gasteiger partial charge on any atom is -0.494 e. The summed E-state index contributed by atoms with van der Waals surface area (Å²) in [4.78, 5) is 11.9. The van der Waals surface area contributed by atoms with Crippen molar-refractivity contribution in [1.82, 2.24) is 10.0 Å². The number of carbonyl (C=O) groups is 1. The number of sulfonamides is 1. The summed E-state index contributed by atoms with van der Waals surface area (Å²) >= 11 is 0. The van der Waals surface area contributed by atoms with Crippen LogP contribution < -0.4 is 20.5 Å². The predicted molar refractivity (Wildman–Crippen MR) is 95.9 cm³/mol. The molecule has 24 heavy (non-hydrogen) atoms. The lowest BCUT2D eigenvalue weighted by Crippen LogP contribution is -2.49. The molecule has 9 heteroatoms. The van der Waals surface area contributed by atoms with Crippen molar-refractivity contribution in [3.05, 3.63) is 24.3 Å². The summed E-state index contributed by atoms with van der Waals surface area (Å²) in [6.07, 6.45) is 0.0414. The van der Waals surface area contributed by atoms with Gasteiger partial charge in [0.2, 0.25) is 15.9 Å². The van der Waals surface area contributed by atoms with Crippen molar-refractivity contribution in [3.8, 4) is 5.75 Å². The van der Waals surface area contributed by atoms with Crippen LogP contribution in [-0.4, -0.2) is 39.6 Å². The normalized spacial score (nSPS) is 11.5. The Balaban J connectivity index is 0.00000529. The van der Waals surface area contributed by atoms with Crippen LogP contribution in [0.15, 0.2) is 29.2 Å². The van der Waals surface area contributed by atoms with Crippen LogP contribution >= 0.6 is 12.4 Å². The summed E-state index contributed by atoms with van der Waals surface area (Å²) in [6, 6.07) is 6.11. The third-order valence-corrected chi connectivity index (χ3v) is 4.55. The summed E-state index contributed by atoms with van der Waals surface area (Å²) < 4.78 is 31.9. The predicted octanol–water partition coefficient (Wildman–Crippen LogP) is 1.03. The van der Waals surface area contributed by atoms with E-state index in [1.54, 1.807) is 26.0 Å². The van der Waals surface area contributed by atoms with Crippen molar-refractivity contribution in [3.63, 3.8) is 0 Å². The molecule has 0 heterocycles. The minimum absolute atomic E-state index is 0. The minimum atomic E-state index is -3.65. The van der Waals surface area contributed by atoms with Gasteiger partial charge in [0.15, 0.2) is 0 Å². The van der Waals surface area contributed by atoms with Gasteiger partial charge in [0.05, 0.1) is 11.5 Å². The second-order valence-electron chi connectivity index (χ2n) is 5.69. The molecule has 0 atom stereocenters. The Morgan fingerprint density at radius 2 is 1.83 bits per heavy atom. The van der Waals surface area contributed by atoms with E-state index in [0.717, 1.165) is 0 Å². The Hall–Kier alpha value is -1.35. The molecule has 0 fully saturated rings. The maximum atomic E-state index is 12.1. The highest BCUT2D eigenvalue weighted by molar-refractivity contribution is 7.89. The molecular weight excluding hydrogens is 354 g/mol. The van der Waals surface area contributed by atoms with Crippen molar-refractivity contribution in [2.75, 3.05) is 19.7 Å². The molecule has 0 unspecified atom stereocenters. The first-order valence-electron chi connectivity index (χ1n) is 7.44. The van der Waals surface area contributed by atoms with E-state index in [9.17, 15) is 13.2 Å². The summed E-state index contributed by atoms with van der Waals surface area (Å²) in [6.45, 7) is 6.28. The summed E-state index contributed by atoms with van der Waals surface area (Å²) in [5.74, 6) is 0.352. The van der Waals surface area contributed by atoms with Gasteiger partial charge in [0, 0.05) is 25.0 Å². The van der Waals surface area contributed by atoms with Crippen molar-refractivity contribution < 1.29 is 17.9 Å². The first-order valence-corrected chi connectivity index (χ1v) is 8.92. The van der Waals surface area contributed by atoms with Gasteiger partial charge in [-0.2, -0.15) is 0 Å². The first kappa shape index (κ1) is 22.6. The van der Waals surface area contributed by atoms with E-state index in [1.807, 2.05) is 6.92 Å². The van der Waals surface area contributed by atoms with Crippen LogP contribution in [0.4, 0.5) is 0 Å². The molecule has 1 amide bonds. The molecule has 0 spiro atoms. The van der Waals surface area contributed by atoms with Crippen molar-refractivity contribution in [2.45, 2.75) is 37.6 Å². The van der Waals surface area contributed by atoms with E-state index in [4.69, 9.17) is 10.5 Å². The average Bonchev–Trinajstić information content (AvgIpc) is 2.47. The standard InChI is InChI=1S/C15H25N3O4S.ClH/c1-4-22-12-5-7-13(8-6-12)23(20,21)17-10-9-14(19)18-15(2,3)11-16;/h5-8,17H,4,9-11,16H2,1-3H3,(H,18,19);1H. The third kappa shape index (κ3) is 7.48. The van der Waals surface area contributed by atoms with Crippen molar-refractivity contribution in [2.24, 2.45) is 5.73 Å². The lowest BCUT2D eigenvalue weighted by molar-refractivity contribution is -0.122. The van der Waals surface area contributed by atoms with Gasteiger partial charge < -0.3 is 15.8 Å². The highest BCUT2D eigenvalue weighted by Crippen LogP contribution is 2.15. The molecule has 1 aromatic carbocycles. The largest absolute Gasteiger partial charge is 0.494 e. The zero-order valence-corrected chi connectivity index (χ0v) is 15.8. The summed E-state index contributed by atoms with van der Waals surface area (Å²) in [5.41, 5.74) is 5.02. The van der Waals surface area contributed by atoms with Gasteiger partial charge in [-0.05, 0) is 45.0 Å². The fourth-order valence-electron chi connectivity index (χ4n) is 1.75. The topological polar surface area (TPSA) is 111 Å². The fraction of sp³-hybridized carbons (Fsp3) is 0.533. The van der Waals surface area contributed by atoms with Crippen LogP contribution in [0.25, 0.3) is 0 Å². The molecule has 0 aliphatic carbocycles.